The SMILES string of the molecule is CC1CN2CCCCC2CN1C(=O)CCCCBr. The van der Waals surface area contributed by atoms with Gasteiger partial charge >= 0.3 is 0 Å². The molecule has 2 aliphatic rings. The Morgan fingerprint density at radius 3 is 2.89 bits per heavy atom. The molecule has 2 heterocycles. The number of fused-ring (bicyclic) bond motifs is 1. The van der Waals surface area contributed by atoms with Gasteiger partial charge in [-0.25, -0.2) is 0 Å². The van der Waals surface area contributed by atoms with E-state index in [1.54, 1.807) is 0 Å². The maximum Gasteiger partial charge on any atom is 0.222 e. The number of carbonyl (C=O) groups is 1. The van der Waals surface area contributed by atoms with Gasteiger partial charge in [-0.15, -0.1) is 0 Å². The van der Waals surface area contributed by atoms with Crippen LogP contribution in [0.4, 0.5) is 0 Å². The summed E-state index contributed by atoms with van der Waals surface area (Å²) in [5.41, 5.74) is 0. The van der Waals surface area contributed by atoms with Crippen molar-refractivity contribution < 1.29 is 4.79 Å². The fourth-order valence-electron chi connectivity index (χ4n) is 3.21. The highest BCUT2D eigenvalue weighted by atomic mass is 79.9. The zero-order valence-corrected chi connectivity index (χ0v) is 13.0. The lowest BCUT2D eigenvalue weighted by molar-refractivity contribution is -0.138. The van der Waals surface area contributed by atoms with E-state index in [-0.39, 0.29) is 0 Å². The number of unbranched alkanes of at least 4 members (excludes halogenated alkanes) is 1. The van der Waals surface area contributed by atoms with Crippen LogP contribution in [0.15, 0.2) is 0 Å². The lowest BCUT2D eigenvalue weighted by Gasteiger charge is -2.47. The summed E-state index contributed by atoms with van der Waals surface area (Å²) < 4.78 is 0. The van der Waals surface area contributed by atoms with Crippen molar-refractivity contribution in [3.05, 3.63) is 0 Å². The highest BCUT2D eigenvalue weighted by Crippen LogP contribution is 2.24. The lowest BCUT2D eigenvalue weighted by Crippen LogP contribution is -2.60. The van der Waals surface area contributed by atoms with Crippen LogP contribution in [-0.4, -0.2) is 52.8 Å². The summed E-state index contributed by atoms with van der Waals surface area (Å²) in [6.07, 6.45) is 6.79. The Morgan fingerprint density at radius 2 is 2.11 bits per heavy atom. The van der Waals surface area contributed by atoms with Crippen LogP contribution in [0.3, 0.4) is 0 Å². The normalized spacial score (nSPS) is 29.1. The molecule has 0 N–H and O–H groups in total. The number of hydrogen-bond donors (Lipinski definition) is 0. The second kappa shape index (κ2) is 6.90. The molecule has 0 aromatic rings. The topological polar surface area (TPSA) is 23.6 Å². The first-order chi connectivity index (χ1) is 8.72. The van der Waals surface area contributed by atoms with Crippen molar-refractivity contribution in [2.45, 2.75) is 57.5 Å². The molecule has 18 heavy (non-hydrogen) atoms. The van der Waals surface area contributed by atoms with E-state index >= 15 is 0 Å². The Balaban J connectivity index is 1.86. The molecule has 0 saturated carbocycles. The van der Waals surface area contributed by atoms with Crippen LogP contribution in [0.1, 0.15) is 45.4 Å². The molecule has 0 aromatic heterocycles. The largest absolute Gasteiger partial charge is 0.337 e. The molecule has 2 rings (SSSR count). The van der Waals surface area contributed by atoms with Crippen LogP contribution in [0.2, 0.25) is 0 Å². The summed E-state index contributed by atoms with van der Waals surface area (Å²) in [6, 6.07) is 1.03. The monoisotopic (exact) mass is 316 g/mol. The second-order valence-electron chi connectivity index (χ2n) is 5.69. The number of hydrogen-bond acceptors (Lipinski definition) is 2. The fraction of sp³-hybridized carbons (Fsp3) is 0.929. The zero-order chi connectivity index (χ0) is 13.0. The number of halogens is 1. The van der Waals surface area contributed by atoms with Crippen LogP contribution in [0, 0.1) is 0 Å². The number of nitrogens with zero attached hydrogens (tertiary/aromatic N) is 2. The molecule has 3 nitrogen and oxygen atoms in total. The first kappa shape index (κ1) is 14.3. The van der Waals surface area contributed by atoms with Crippen molar-refractivity contribution >= 4 is 21.8 Å². The number of piperidine rings is 1. The van der Waals surface area contributed by atoms with Crippen LogP contribution >= 0.6 is 15.9 Å². The van der Waals surface area contributed by atoms with Gasteiger partial charge in [0.05, 0.1) is 0 Å². The molecule has 1 amide bonds. The summed E-state index contributed by atoms with van der Waals surface area (Å²) in [5, 5.41) is 1.01. The molecular weight excluding hydrogens is 292 g/mol. The number of rotatable bonds is 4. The lowest BCUT2D eigenvalue weighted by atomic mass is 9.97. The summed E-state index contributed by atoms with van der Waals surface area (Å²) >= 11 is 3.42. The third kappa shape index (κ3) is 3.47. The predicted molar refractivity (Wildman–Crippen MR) is 78.0 cm³/mol. The van der Waals surface area contributed by atoms with Crippen LogP contribution in [0.25, 0.3) is 0 Å². The van der Waals surface area contributed by atoms with Gasteiger partial charge < -0.3 is 4.90 Å². The molecule has 104 valence electrons. The highest BCUT2D eigenvalue weighted by molar-refractivity contribution is 9.09. The molecule has 0 aromatic carbocycles. The maximum absolute atomic E-state index is 12.2. The summed E-state index contributed by atoms with van der Waals surface area (Å²) in [4.78, 5) is 17.0. The van der Waals surface area contributed by atoms with E-state index in [4.69, 9.17) is 0 Å². The first-order valence-corrected chi connectivity index (χ1v) is 8.44. The van der Waals surface area contributed by atoms with Gasteiger partial charge in [-0.1, -0.05) is 22.4 Å². The van der Waals surface area contributed by atoms with Crippen LogP contribution in [0.5, 0.6) is 0 Å². The average molecular weight is 317 g/mol. The fourth-order valence-corrected chi connectivity index (χ4v) is 3.61. The number of piperazine rings is 1. The number of alkyl halides is 1. The van der Waals surface area contributed by atoms with E-state index in [1.807, 2.05) is 0 Å². The van der Waals surface area contributed by atoms with Crippen molar-refractivity contribution in [2.24, 2.45) is 0 Å². The smallest absolute Gasteiger partial charge is 0.222 e. The van der Waals surface area contributed by atoms with Gasteiger partial charge in [0, 0.05) is 36.9 Å². The summed E-state index contributed by atoms with van der Waals surface area (Å²) in [5.74, 6) is 0.369. The molecule has 0 bridgehead atoms. The van der Waals surface area contributed by atoms with Gasteiger partial charge in [-0.05, 0) is 39.2 Å². The van der Waals surface area contributed by atoms with Crippen molar-refractivity contribution in [1.29, 1.82) is 0 Å². The van der Waals surface area contributed by atoms with Crippen molar-refractivity contribution in [1.82, 2.24) is 9.80 Å². The van der Waals surface area contributed by atoms with Gasteiger partial charge in [-0.2, -0.15) is 0 Å². The third-order valence-electron chi connectivity index (χ3n) is 4.28. The molecule has 2 aliphatic heterocycles. The van der Waals surface area contributed by atoms with Gasteiger partial charge in [-0.3, -0.25) is 9.69 Å². The van der Waals surface area contributed by atoms with E-state index in [2.05, 4.69) is 32.7 Å². The van der Waals surface area contributed by atoms with Gasteiger partial charge in [0.25, 0.3) is 0 Å². The summed E-state index contributed by atoms with van der Waals surface area (Å²) in [7, 11) is 0. The minimum atomic E-state index is 0.369. The Labute approximate surface area is 119 Å². The van der Waals surface area contributed by atoms with Crippen molar-refractivity contribution in [3.63, 3.8) is 0 Å². The molecular formula is C14H25BrN2O. The molecule has 0 aliphatic carbocycles. The Morgan fingerprint density at radius 1 is 1.28 bits per heavy atom. The zero-order valence-electron chi connectivity index (χ0n) is 11.4. The Bertz CT molecular complexity index is 285. The molecule has 2 saturated heterocycles. The Kier molecular flexibility index (Phi) is 5.49. The average Bonchev–Trinajstić information content (AvgIpc) is 2.38. The third-order valence-corrected chi connectivity index (χ3v) is 4.84. The van der Waals surface area contributed by atoms with Crippen LogP contribution < -0.4 is 0 Å². The van der Waals surface area contributed by atoms with E-state index in [0.717, 1.165) is 37.7 Å². The predicted octanol–water partition coefficient (Wildman–Crippen LogP) is 2.64. The van der Waals surface area contributed by atoms with E-state index in [1.165, 1.54) is 25.8 Å². The molecule has 2 unspecified atom stereocenters. The van der Waals surface area contributed by atoms with Crippen molar-refractivity contribution in [2.75, 3.05) is 25.0 Å². The van der Waals surface area contributed by atoms with E-state index in [9.17, 15) is 4.79 Å². The maximum atomic E-state index is 12.2. The number of carbonyl (C=O) groups excluding carboxylic acids is 1. The Hall–Kier alpha value is -0.0900. The minimum Gasteiger partial charge on any atom is -0.337 e. The van der Waals surface area contributed by atoms with E-state index in [0.29, 0.717) is 18.0 Å². The van der Waals surface area contributed by atoms with Crippen molar-refractivity contribution in [3.8, 4) is 0 Å². The molecule has 2 atom stereocenters. The second-order valence-corrected chi connectivity index (χ2v) is 6.48. The van der Waals surface area contributed by atoms with Gasteiger partial charge in [0.1, 0.15) is 0 Å². The molecule has 2 fully saturated rings. The van der Waals surface area contributed by atoms with Gasteiger partial charge in [0.2, 0.25) is 5.91 Å². The molecule has 0 radical (unpaired) electrons. The molecule has 4 heteroatoms. The molecule has 0 spiro atoms. The quantitative estimate of drug-likeness (QED) is 0.588. The standard InChI is InChI=1S/C14H25BrN2O/c1-12-10-16-9-5-3-6-13(16)11-17(12)14(18)7-2-4-8-15/h12-13H,2-11H2,1H3. The minimum absolute atomic E-state index is 0.369. The number of amides is 1. The highest BCUT2D eigenvalue weighted by Gasteiger charge is 2.34. The summed E-state index contributed by atoms with van der Waals surface area (Å²) in [6.45, 7) is 5.48. The van der Waals surface area contributed by atoms with E-state index < -0.39 is 0 Å². The van der Waals surface area contributed by atoms with Gasteiger partial charge in [0.15, 0.2) is 0 Å². The van der Waals surface area contributed by atoms with Crippen LogP contribution in [-0.2, 0) is 4.79 Å². The first-order valence-electron chi connectivity index (χ1n) is 7.32.